The van der Waals surface area contributed by atoms with E-state index < -0.39 is 33.4 Å². The molecule has 1 atom stereocenters. The smallest absolute Gasteiger partial charge is 0.230 e. The monoisotopic (exact) mass is 401 g/mol. The summed E-state index contributed by atoms with van der Waals surface area (Å²) in [4.78, 5) is 11.9. The molecule has 28 heavy (non-hydrogen) atoms. The van der Waals surface area contributed by atoms with Crippen LogP contribution in [-0.4, -0.2) is 11.2 Å². The number of nitrogens with two attached hydrogens (primary N) is 1. The van der Waals surface area contributed by atoms with E-state index in [0.29, 0.717) is 11.1 Å². The van der Waals surface area contributed by atoms with Crippen molar-refractivity contribution in [3.8, 4) is 0 Å². The van der Waals surface area contributed by atoms with Crippen molar-refractivity contribution in [3.63, 3.8) is 0 Å². The van der Waals surface area contributed by atoms with E-state index in [0.717, 1.165) is 11.8 Å². The van der Waals surface area contributed by atoms with Gasteiger partial charge in [0, 0.05) is 5.56 Å². The maximum Gasteiger partial charge on any atom is 0.230 e. The standard InChI is InChI=1S/C22H18F3NOS/c1-14(21(26)27)28-22(15-6-10-17(23)11-7-15,16-8-12-18(24)13-9-16)19-4-2-3-5-20(19)25/h2-14H,1H3,(H2,26,27). The molecule has 0 aromatic heterocycles. The van der Waals surface area contributed by atoms with Crippen molar-refractivity contribution in [2.24, 2.45) is 5.73 Å². The molecule has 0 heterocycles. The first-order valence-electron chi connectivity index (χ1n) is 8.59. The molecule has 0 fully saturated rings. The topological polar surface area (TPSA) is 43.1 Å². The Kier molecular flexibility index (Phi) is 5.79. The lowest BCUT2D eigenvalue weighted by molar-refractivity contribution is -0.117. The van der Waals surface area contributed by atoms with Crippen molar-refractivity contribution in [1.82, 2.24) is 0 Å². The van der Waals surface area contributed by atoms with Crippen LogP contribution >= 0.6 is 11.8 Å². The van der Waals surface area contributed by atoms with Gasteiger partial charge in [0.15, 0.2) is 0 Å². The summed E-state index contributed by atoms with van der Waals surface area (Å²) in [5.74, 6) is -1.97. The highest BCUT2D eigenvalue weighted by atomic mass is 32.2. The number of amides is 1. The van der Waals surface area contributed by atoms with Gasteiger partial charge in [0.2, 0.25) is 5.91 Å². The maximum atomic E-state index is 15.0. The van der Waals surface area contributed by atoms with Crippen LogP contribution in [0.3, 0.4) is 0 Å². The van der Waals surface area contributed by atoms with E-state index in [1.165, 1.54) is 54.6 Å². The van der Waals surface area contributed by atoms with Crippen molar-refractivity contribution < 1.29 is 18.0 Å². The van der Waals surface area contributed by atoms with Gasteiger partial charge in [-0.1, -0.05) is 42.5 Å². The zero-order chi connectivity index (χ0) is 20.3. The van der Waals surface area contributed by atoms with Crippen molar-refractivity contribution in [2.75, 3.05) is 0 Å². The number of hydrogen-bond donors (Lipinski definition) is 1. The third kappa shape index (κ3) is 3.78. The lowest BCUT2D eigenvalue weighted by Crippen LogP contribution is -2.33. The third-order valence-electron chi connectivity index (χ3n) is 4.51. The predicted molar refractivity (Wildman–Crippen MR) is 105 cm³/mol. The summed E-state index contributed by atoms with van der Waals surface area (Å²) in [7, 11) is 0. The van der Waals surface area contributed by atoms with E-state index in [2.05, 4.69) is 0 Å². The molecule has 2 N–H and O–H groups in total. The molecule has 3 rings (SSSR count). The fourth-order valence-corrected chi connectivity index (χ4v) is 4.60. The number of halogens is 3. The Morgan fingerprint density at radius 3 is 1.75 bits per heavy atom. The number of primary amides is 1. The average Bonchev–Trinajstić information content (AvgIpc) is 2.68. The molecule has 3 aromatic rings. The fraction of sp³-hybridized carbons (Fsp3) is 0.136. The number of benzene rings is 3. The average molecular weight is 401 g/mol. The maximum absolute atomic E-state index is 15.0. The zero-order valence-electron chi connectivity index (χ0n) is 15.0. The summed E-state index contributed by atoms with van der Waals surface area (Å²) >= 11 is 1.13. The van der Waals surface area contributed by atoms with Crippen LogP contribution in [0.25, 0.3) is 0 Å². The lowest BCUT2D eigenvalue weighted by atomic mass is 9.83. The van der Waals surface area contributed by atoms with E-state index >= 15 is 0 Å². The van der Waals surface area contributed by atoms with Crippen LogP contribution < -0.4 is 5.73 Å². The summed E-state index contributed by atoms with van der Waals surface area (Å²) in [5, 5.41) is -0.699. The van der Waals surface area contributed by atoms with E-state index in [9.17, 15) is 18.0 Å². The van der Waals surface area contributed by atoms with Crippen LogP contribution in [-0.2, 0) is 9.54 Å². The zero-order valence-corrected chi connectivity index (χ0v) is 15.8. The number of carbonyl (C=O) groups excluding carboxylic acids is 1. The van der Waals surface area contributed by atoms with Gasteiger partial charge in [-0.15, -0.1) is 11.8 Å². The lowest BCUT2D eigenvalue weighted by Gasteiger charge is -2.37. The highest BCUT2D eigenvalue weighted by Crippen LogP contribution is 2.51. The summed E-state index contributed by atoms with van der Waals surface area (Å²) in [5.41, 5.74) is 6.85. The molecule has 0 saturated heterocycles. The Morgan fingerprint density at radius 1 is 0.857 bits per heavy atom. The first kappa shape index (κ1) is 20.0. The Hall–Kier alpha value is -2.73. The van der Waals surface area contributed by atoms with E-state index in [4.69, 9.17) is 5.73 Å². The normalized spacial score (nSPS) is 12.6. The van der Waals surface area contributed by atoms with Gasteiger partial charge in [0.1, 0.15) is 17.5 Å². The Balaban J connectivity index is 2.36. The Labute approximate surface area is 165 Å². The molecule has 0 radical (unpaired) electrons. The molecule has 3 aromatic carbocycles. The quantitative estimate of drug-likeness (QED) is 0.591. The first-order valence-corrected chi connectivity index (χ1v) is 9.47. The van der Waals surface area contributed by atoms with Gasteiger partial charge in [0.25, 0.3) is 0 Å². The van der Waals surface area contributed by atoms with E-state index in [-0.39, 0.29) is 5.56 Å². The van der Waals surface area contributed by atoms with Crippen molar-refractivity contribution >= 4 is 17.7 Å². The molecule has 0 spiro atoms. The number of thioether (sulfide) groups is 1. The molecular formula is C22H18F3NOS. The van der Waals surface area contributed by atoms with Crippen LogP contribution in [0.2, 0.25) is 0 Å². The number of carbonyl (C=O) groups is 1. The first-order chi connectivity index (χ1) is 13.3. The van der Waals surface area contributed by atoms with Crippen molar-refractivity contribution in [3.05, 3.63) is 107 Å². The molecule has 0 saturated carbocycles. The van der Waals surface area contributed by atoms with Gasteiger partial charge >= 0.3 is 0 Å². The Bertz CT molecular complexity index is 928. The minimum atomic E-state index is -1.23. The van der Waals surface area contributed by atoms with Gasteiger partial charge in [-0.05, 0) is 48.4 Å². The second kappa shape index (κ2) is 8.10. The minimum Gasteiger partial charge on any atom is -0.369 e. The molecule has 1 amide bonds. The van der Waals surface area contributed by atoms with Gasteiger partial charge in [0.05, 0.1) is 10.00 Å². The molecule has 0 aliphatic carbocycles. The van der Waals surface area contributed by atoms with Crippen LogP contribution in [0.15, 0.2) is 72.8 Å². The van der Waals surface area contributed by atoms with Crippen LogP contribution in [0, 0.1) is 17.5 Å². The van der Waals surface area contributed by atoms with Crippen LogP contribution in [0.4, 0.5) is 13.2 Å². The molecule has 0 bridgehead atoms. The summed E-state index contributed by atoms with van der Waals surface area (Å²) in [6.45, 7) is 1.62. The summed E-state index contributed by atoms with van der Waals surface area (Å²) in [6.07, 6.45) is 0. The van der Waals surface area contributed by atoms with Gasteiger partial charge in [-0.25, -0.2) is 13.2 Å². The summed E-state index contributed by atoms with van der Waals surface area (Å²) in [6, 6.07) is 17.4. The van der Waals surface area contributed by atoms with Gasteiger partial charge in [-0.3, -0.25) is 4.79 Å². The predicted octanol–water partition coefficient (Wildman–Crippen LogP) is 5.00. The molecule has 0 aliphatic rings. The molecule has 6 heteroatoms. The van der Waals surface area contributed by atoms with Crippen molar-refractivity contribution in [1.29, 1.82) is 0 Å². The second-order valence-corrected chi connectivity index (χ2v) is 7.89. The van der Waals surface area contributed by atoms with E-state index in [1.807, 2.05) is 0 Å². The molecule has 0 aliphatic heterocycles. The minimum absolute atomic E-state index is 0.270. The highest BCUT2D eigenvalue weighted by molar-refractivity contribution is 8.01. The highest BCUT2D eigenvalue weighted by Gasteiger charge is 2.41. The number of hydrogen-bond acceptors (Lipinski definition) is 2. The number of rotatable bonds is 6. The SMILES string of the molecule is CC(SC(c1ccc(F)cc1)(c1ccc(F)cc1)c1ccccc1F)C(N)=O. The van der Waals surface area contributed by atoms with Crippen molar-refractivity contribution in [2.45, 2.75) is 16.9 Å². The molecule has 2 nitrogen and oxygen atoms in total. The van der Waals surface area contributed by atoms with Gasteiger partial charge in [-0.2, -0.15) is 0 Å². The summed E-state index contributed by atoms with van der Waals surface area (Å²) < 4.78 is 40.9. The second-order valence-electron chi connectivity index (χ2n) is 6.34. The third-order valence-corrected chi connectivity index (χ3v) is 6.14. The molecular weight excluding hydrogens is 383 g/mol. The largest absolute Gasteiger partial charge is 0.369 e. The molecule has 1 unspecified atom stereocenters. The van der Waals surface area contributed by atoms with Gasteiger partial charge < -0.3 is 5.73 Å². The Morgan fingerprint density at radius 2 is 1.32 bits per heavy atom. The molecule has 144 valence electrons. The van der Waals surface area contributed by atoms with E-state index in [1.54, 1.807) is 25.1 Å². The van der Waals surface area contributed by atoms with Crippen LogP contribution in [0.1, 0.15) is 23.6 Å². The fourth-order valence-electron chi connectivity index (χ4n) is 3.12. The van der Waals surface area contributed by atoms with Crippen LogP contribution in [0.5, 0.6) is 0 Å².